The Hall–Kier alpha value is -2.70. The Labute approximate surface area is 184 Å². The summed E-state index contributed by atoms with van der Waals surface area (Å²) in [6.07, 6.45) is 5.95. The van der Waals surface area contributed by atoms with Crippen LogP contribution in [-0.4, -0.2) is 48.1 Å². The minimum absolute atomic E-state index is 0.0380. The van der Waals surface area contributed by atoms with Gasteiger partial charge in [-0.3, -0.25) is 14.4 Å². The zero-order chi connectivity index (χ0) is 22.1. The predicted molar refractivity (Wildman–Crippen MR) is 118 cm³/mol. The van der Waals surface area contributed by atoms with E-state index >= 15 is 0 Å². The number of aryl methyl sites for hydroxylation is 1. The lowest BCUT2D eigenvalue weighted by molar-refractivity contribution is -0.161. The van der Waals surface area contributed by atoms with Crippen LogP contribution in [0.4, 0.5) is 0 Å². The molecule has 0 saturated carbocycles. The van der Waals surface area contributed by atoms with Gasteiger partial charge >= 0.3 is 5.97 Å². The smallest absolute Gasteiger partial charge is 0.313 e. The first-order valence-electron chi connectivity index (χ1n) is 11.4. The molecule has 0 aromatic heterocycles. The monoisotopic (exact) mass is 427 g/mol. The van der Waals surface area contributed by atoms with Gasteiger partial charge in [-0.1, -0.05) is 30.3 Å². The van der Waals surface area contributed by atoms with E-state index in [0.717, 1.165) is 31.4 Å². The number of hydrazone groups is 1. The van der Waals surface area contributed by atoms with Gasteiger partial charge < -0.3 is 9.64 Å². The van der Waals surface area contributed by atoms with Crippen LogP contribution in [0, 0.1) is 5.41 Å². The molecule has 0 aliphatic carbocycles. The lowest BCUT2D eigenvalue weighted by Crippen LogP contribution is -2.50. The summed E-state index contributed by atoms with van der Waals surface area (Å²) in [5.41, 5.74) is 3.95. The van der Waals surface area contributed by atoms with Crippen LogP contribution >= 0.6 is 0 Å². The van der Waals surface area contributed by atoms with E-state index in [0.29, 0.717) is 51.8 Å². The molecule has 0 bridgehead atoms. The number of benzene rings is 1. The van der Waals surface area contributed by atoms with Gasteiger partial charge in [0.2, 0.25) is 11.8 Å². The number of hydrogen-bond donors (Lipinski definition) is 1. The van der Waals surface area contributed by atoms with Crippen LogP contribution in [0.25, 0.3) is 0 Å². The highest BCUT2D eigenvalue weighted by Gasteiger charge is 2.44. The molecule has 2 amide bonds. The van der Waals surface area contributed by atoms with Crippen molar-refractivity contribution in [3.05, 3.63) is 35.9 Å². The van der Waals surface area contributed by atoms with E-state index in [9.17, 15) is 14.4 Å². The number of carbonyl (C=O) groups is 3. The summed E-state index contributed by atoms with van der Waals surface area (Å²) in [5, 5.41) is 4.05. The molecule has 0 spiro atoms. The van der Waals surface area contributed by atoms with Crippen LogP contribution in [-0.2, 0) is 25.5 Å². The summed E-state index contributed by atoms with van der Waals surface area (Å²) in [5.74, 6) is -0.225. The van der Waals surface area contributed by atoms with Crippen molar-refractivity contribution in [1.82, 2.24) is 10.3 Å². The molecule has 168 valence electrons. The van der Waals surface area contributed by atoms with Crippen LogP contribution in [0.15, 0.2) is 35.4 Å². The standard InChI is InChI=1S/C24H33N3O4/c1-2-31-23(30)24(15-6-10-19-8-4-3-5-9-19)16-7-17-27(18-24)22(29)14-12-20-11-13-21(28)26-25-20/h3-5,8-9H,2,6-7,10-18H2,1H3,(H,26,28)/t24-/m1/s1. The fraction of sp³-hybridized carbons (Fsp3) is 0.583. The Balaban J connectivity index is 1.60. The number of esters is 1. The Morgan fingerprint density at radius 2 is 2.00 bits per heavy atom. The molecular weight excluding hydrogens is 394 g/mol. The molecule has 1 fully saturated rings. The highest BCUT2D eigenvalue weighted by atomic mass is 16.5. The summed E-state index contributed by atoms with van der Waals surface area (Å²) in [4.78, 5) is 38.9. The Morgan fingerprint density at radius 1 is 1.19 bits per heavy atom. The molecule has 2 heterocycles. The molecule has 2 aliphatic rings. The normalized spacial score (nSPS) is 21.3. The van der Waals surface area contributed by atoms with Gasteiger partial charge in [0, 0.05) is 31.6 Å². The Morgan fingerprint density at radius 3 is 2.71 bits per heavy atom. The minimum Gasteiger partial charge on any atom is -0.466 e. The zero-order valence-corrected chi connectivity index (χ0v) is 18.4. The average molecular weight is 428 g/mol. The van der Waals surface area contributed by atoms with E-state index in [1.807, 2.05) is 30.0 Å². The number of piperidine rings is 1. The first-order chi connectivity index (χ1) is 15.0. The maximum absolute atomic E-state index is 12.9. The van der Waals surface area contributed by atoms with Gasteiger partial charge in [-0.25, -0.2) is 5.43 Å². The first kappa shape index (κ1) is 23.0. The summed E-state index contributed by atoms with van der Waals surface area (Å²) in [6.45, 7) is 3.26. The lowest BCUT2D eigenvalue weighted by Gasteiger charge is -2.41. The van der Waals surface area contributed by atoms with Crippen LogP contribution < -0.4 is 5.43 Å². The zero-order valence-electron chi connectivity index (χ0n) is 18.4. The van der Waals surface area contributed by atoms with Crippen molar-refractivity contribution in [2.45, 2.75) is 64.7 Å². The van der Waals surface area contributed by atoms with Crippen molar-refractivity contribution in [3.8, 4) is 0 Å². The second-order valence-corrected chi connectivity index (χ2v) is 8.47. The van der Waals surface area contributed by atoms with E-state index < -0.39 is 5.41 Å². The van der Waals surface area contributed by atoms with E-state index in [2.05, 4.69) is 22.7 Å². The average Bonchev–Trinajstić information content (AvgIpc) is 2.79. The molecule has 7 heteroatoms. The number of hydrogen-bond acceptors (Lipinski definition) is 5. The van der Waals surface area contributed by atoms with Crippen molar-refractivity contribution in [1.29, 1.82) is 0 Å². The molecular formula is C24H33N3O4. The molecule has 1 aromatic carbocycles. The quantitative estimate of drug-likeness (QED) is 0.613. The topological polar surface area (TPSA) is 88.1 Å². The van der Waals surface area contributed by atoms with Crippen molar-refractivity contribution in [2.24, 2.45) is 10.5 Å². The molecule has 31 heavy (non-hydrogen) atoms. The van der Waals surface area contributed by atoms with Crippen molar-refractivity contribution >= 4 is 23.5 Å². The van der Waals surface area contributed by atoms with Crippen molar-refractivity contribution < 1.29 is 19.1 Å². The number of carbonyl (C=O) groups excluding carboxylic acids is 3. The SMILES string of the molecule is CCOC(=O)[C@]1(CCCc2ccccc2)CCCN(C(=O)CCC2=NNC(=O)CC2)C1. The van der Waals surface area contributed by atoms with E-state index in [1.165, 1.54) is 5.56 Å². The number of amides is 2. The first-order valence-corrected chi connectivity index (χ1v) is 11.4. The van der Waals surface area contributed by atoms with Crippen LogP contribution in [0.3, 0.4) is 0 Å². The minimum atomic E-state index is -0.630. The fourth-order valence-electron chi connectivity index (χ4n) is 4.48. The summed E-state index contributed by atoms with van der Waals surface area (Å²) in [6, 6.07) is 10.3. The van der Waals surface area contributed by atoms with E-state index in [1.54, 1.807) is 0 Å². The largest absolute Gasteiger partial charge is 0.466 e. The molecule has 0 unspecified atom stereocenters. The molecule has 2 aliphatic heterocycles. The number of rotatable bonds is 9. The summed E-state index contributed by atoms with van der Waals surface area (Å²) >= 11 is 0. The second-order valence-electron chi connectivity index (χ2n) is 8.47. The molecule has 7 nitrogen and oxygen atoms in total. The third-order valence-corrected chi connectivity index (χ3v) is 6.21. The Kier molecular flexibility index (Phi) is 8.20. The van der Waals surface area contributed by atoms with Gasteiger partial charge in [-0.15, -0.1) is 0 Å². The number of likely N-dealkylation sites (tertiary alicyclic amines) is 1. The number of nitrogens with one attached hydrogen (secondary N) is 1. The van der Waals surface area contributed by atoms with Gasteiger partial charge in [0.15, 0.2) is 0 Å². The predicted octanol–water partition coefficient (Wildman–Crippen LogP) is 3.23. The van der Waals surface area contributed by atoms with Gasteiger partial charge in [-0.05, 0) is 57.4 Å². The maximum atomic E-state index is 12.9. The molecule has 3 rings (SSSR count). The van der Waals surface area contributed by atoms with Gasteiger partial charge in [-0.2, -0.15) is 5.10 Å². The number of nitrogens with zero attached hydrogens (tertiary/aromatic N) is 2. The van der Waals surface area contributed by atoms with Crippen molar-refractivity contribution in [3.63, 3.8) is 0 Å². The van der Waals surface area contributed by atoms with Crippen LogP contribution in [0.5, 0.6) is 0 Å². The summed E-state index contributed by atoms with van der Waals surface area (Å²) in [7, 11) is 0. The van der Waals surface area contributed by atoms with Crippen LogP contribution in [0.2, 0.25) is 0 Å². The fourth-order valence-corrected chi connectivity index (χ4v) is 4.48. The molecule has 1 atom stereocenters. The number of ether oxygens (including phenoxy) is 1. The van der Waals surface area contributed by atoms with E-state index in [4.69, 9.17) is 4.74 Å². The Bertz CT molecular complexity index is 808. The highest BCUT2D eigenvalue weighted by Crippen LogP contribution is 2.37. The van der Waals surface area contributed by atoms with Gasteiger partial charge in [0.25, 0.3) is 0 Å². The molecule has 1 N–H and O–H groups in total. The highest BCUT2D eigenvalue weighted by molar-refractivity contribution is 5.94. The van der Waals surface area contributed by atoms with Gasteiger partial charge in [0.05, 0.1) is 12.0 Å². The molecule has 0 radical (unpaired) electrons. The molecule has 1 aromatic rings. The van der Waals surface area contributed by atoms with E-state index in [-0.39, 0.29) is 17.8 Å². The van der Waals surface area contributed by atoms with Gasteiger partial charge in [0.1, 0.15) is 0 Å². The third kappa shape index (κ3) is 6.39. The third-order valence-electron chi connectivity index (χ3n) is 6.21. The summed E-state index contributed by atoms with van der Waals surface area (Å²) < 4.78 is 5.44. The molecule has 1 saturated heterocycles. The van der Waals surface area contributed by atoms with Crippen molar-refractivity contribution in [2.75, 3.05) is 19.7 Å². The maximum Gasteiger partial charge on any atom is 0.313 e. The lowest BCUT2D eigenvalue weighted by atomic mass is 9.75. The second kappa shape index (κ2) is 11.1. The van der Waals surface area contributed by atoms with Crippen LogP contribution in [0.1, 0.15) is 63.9 Å².